The van der Waals surface area contributed by atoms with Crippen molar-refractivity contribution >= 4 is 46.6 Å². The average molecular weight is 500 g/mol. The molecule has 2 rings (SSSR count). The second-order valence-electron chi connectivity index (χ2n) is 7.38. The molecule has 1 atom stereocenters. The van der Waals surface area contributed by atoms with E-state index in [2.05, 4.69) is 5.32 Å². The molecule has 1 N–H and O–H groups in total. The normalized spacial score (nSPS) is 11.7. The largest absolute Gasteiger partial charge is 0.494 e. The Kier molecular flexibility index (Phi) is 11.1. The highest BCUT2D eigenvalue weighted by Crippen LogP contribution is 2.24. The van der Waals surface area contributed by atoms with Crippen molar-refractivity contribution in [2.24, 2.45) is 0 Å². The van der Waals surface area contributed by atoms with E-state index in [0.717, 1.165) is 12.0 Å². The first kappa shape index (κ1) is 26.3. The van der Waals surface area contributed by atoms with Gasteiger partial charge in [0.2, 0.25) is 11.8 Å². The quantitative estimate of drug-likeness (QED) is 0.357. The minimum absolute atomic E-state index is 0.130. The van der Waals surface area contributed by atoms with Gasteiger partial charge in [0.15, 0.2) is 0 Å². The number of nitrogens with one attached hydrogen (secondary N) is 1. The van der Waals surface area contributed by atoms with E-state index in [1.807, 2.05) is 13.8 Å². The number of hydrogen-bond acceptors (Lipinski definition) is 3. The Bertz CT molecular complexity index is 891. The fraction of sp³-hybridized carbons (Fsp3) is 0.417. The summed E-state index contributed by atoms with van der Waals surface area (Å²) in [6, 6.07) is 11.6. The van der Waals surface area contributed by atoms with Gasteiger partial charge in [-0.05, 0) is 61.2 Å². The predicted octanol–water partition coefficient (Wildman–Crippen LogP) is 6.14. The van der Waals surface area contributed by atoms with E-state index in [9.17, 15) is 9.59 Å². The Morgan fingerprint density at radius 3 is 2.34 bits per heavy atom. The van der Waals surface area contributed by atoms with Crippen LogP contribution < -0.4 is 10.1 Å². The van der Waals surface area contributed by atoms with Gasteiger partial charge in [-0.15, -0.1) is 0 Å². The smallest absolute Gasteiger partial charge is 0.242 e. The Morgan fingerprint density at radius 2 is 1.72 bits per heavy atom. The van der Waals surface area contributed by atoms with E-state index in [1.165, 1.54) is 0 Å². The molecule has 0 radical (unpaired) electrons. The zero-order valence-electron chi connectivity index (χ0n) is 18.4. The molecule has 2 aromatic rings. The van der Waals surface area contributed by atoms with Gasteiger partial charge in [-0.1, -0.05) is 54.7 Å². The summed E-state index contributed by atoms with van der Waals surface area (Å²) in [7, 11) is 0. The number of benzene rings is 2. The molecule has 0 saturated heterocycles. The van der Waals surface area contributed by atoms with E-state index in [1.54, 1.807) is 47.4 Å². The van der Waals surface area contributed by atoms with Gasteiger partial charge >= 0.3 is 0 Å². The van der Waals surface area contributed by atoms with Crippen LogP contribution in [0.25, 0.3) is 0 Å². The Labute approximate surface area is 205 Å². The van der Waals surface area contributed by atoms with Gasteiger partial charge in [-0.3, -0.25) is 9.59 Å². The lowest BCUT2D eigenvalue weighted by atomic mass is 10.1. The lowest BCUT2D eigenvalue weighted by Crippen LogP contribution is -2.49. The molecule has 0 aliphatic heterocycles. The van der Waals surface area contributed by atoms with Crippen molar-refractivity contribution < 1.29 is 14.3 Å². The summed E-state index contributed by atoms with van der Waals surface area (Å²) < 4.78 is 5.68. The van der Waals surface area contributed by atoms with Gasteiger partial charge in [0, 0.05) is 34.6 Å². The van der Waals surface area contributed by atoms with E-state index in [0.29, 0.717) is 46.8 Å². The average Bonchev–Trinajstić information content (AvgIpc) is 2.77. The molecule has 8 heteroatoms. The Balaban J connectivity index is 2.07. The van der Waals surface area contributed by atoms with Crippen LogP contribution in [0.4, 0.5) is 0 Å². The van der Waals surface area contributed by atoms with E-state index in [4.69, 9.17) is 39.5 Å². The number of amides is 2. The minimum atomic E-state index is -0.585. The highest BCUT2D eigenvalue weighted by molar-refractivity contribution is 6.35. The van der Waals surface area contributed by atoms with Crippen molar-refractivity contribution in [1.29, 1.82) is 0 Å². The van der Waals surface area contributed by atoms with Crippen molar-refractivity contribution in [2.45, 2.75) is 52.1 Å². The maximum absolute atomic E-state index is 13.2. The Hall–Kier alpha value is -1.95. The molecular weight excluding hydrogens is 471 g/mol. The lowest BCUT2D eigenvalue weighted by molar-refractivity contribution is -0.141. The SMILES string of the molecule is CCCNC(=O)C(CC)N(Cc1ccc(Cl)cc1Cl)C(=O)CCCOc1ccc(Cl)cc1. The number of ether oxygens (including phenoxy) is 1. The molecule has 0 bridgehead atoms. The molecule has 1 unspecified atom stereocenters. The van der Waals surface area contributed by atoms with Crippen molar-refractivity contribution in [3.63, 3.8) is 0 Å². The predicted molar refractivity (Wildman–Crippen MR) is 131 cm³/mol. The summed E-state index contributed by atoms with van der Waals surface area (Å²) in [5, 5.41) is 4.51. The van der Waals surface area contributed by atoms with Gasteiger partial charge in [0.1, 0.15) is 11.8 Å². The van der Waals surface area contributed by atoms with Gasteiger partial charge < -0.3 is 15.0 Å². The third-order valence-electron chi connectivity index (χ3n) is 4.91. The van der Waals surface area contributed by atoms with Crippen LogP contribution in [0.5, 0.6) is 5.75 Å². The second kappa shape index (κ2) is 13.6. The topological polar surface area (TPSA) is 58.6 Å². The maximum Gasteiger partial charge on any atom is 0.242 e. The molecule has 0 fully saturated rings. The third kappa shape index (κ3) is 8.19. The standard InChI is InChI=1S/C24H29Cl3N2O3/c1-3-13-28-24(31)22(4-2)29(16-17-7-8-19(26)15-21(17)27)23(30)6-5-14-32-20-11-9-18(25)10-12-20/h7-12,15,22H,3-6,13-14,16H2,1-2H3,(H,28,31). The van der Waals surface area contributed by atoms with Crippen LogP contribution in [0.15, 0.2) is 42.5 Å². The van der Waals surface area contributed by atoms with Gasteiger partial charge in [-0.2, -0.15) is 0 Å². The van der Waals surface area contributed by atoms with Crippen LogP contribution in [0.3, 0.4) is 0 Å². The molecule has 0 aliphatic carbocycles. The monoisotopic (exact) mass is 498 g/mol. The highest BCUT2D eigenvalue weighted by atomic mass is 35.5. The molecule has 174 valence electrons. The highest BCUT2D eigenvalue weighted by Gasteiger charge is 2.28. The summed E-state index contributed by atoms with van der Waals surface area (Å²) in [5.41, 5.74) is 0.739. The van der Waals surface area contributed by atoms with E-state index < -0.39 is 6.04 Å². The molecule has 0 saturated carbocycles. The van der Waals surface area contributed by atoms with Gasteiger partial charge in [-0.25, -0.2) is 0 Å². The summed E-state index contributed by atoms with van der Waals surface area (Å²) in [5.74, 6) is 0.399. The third-order valence-corrected chi connectivity index (χ3v) is 5.75. The molecule has 2 aromatic carbocycles. The molecule has 32 heavy (non-hydrogen) atoms. The van der Waals surface area contributed by atoms with Crippen molar-refractivity contribution in [2.75, 3.05) is 13.2 Å². The lowest BCUT2D eigenvalue weighted by Gasteiger charge is -2.31. The molecule has 5 nitrogen and oxygen atoms in total. The van der Waals surface area contributed by atoms with E-state index in [-0.39, 0.29) is 24.8 Å². The fourth-order valence-corrected chi connectivity index (χ4v) is 3.80. The number of hydrogen-bond donors (Lipinski definition) is 1. The van der Waals surface area contributed by atoms with Crippen molar-refractivity contribution in [3.05, 3.63) is 63.1 Å². The van der Waals surface area contributed by atoms with Crippen LogP contribution in [-0.4, -0.2) is 35.9 Å². The molecular formula is C24H29Cl3N2O3. The summed E-state index contributed by atoms with van der Waals surface area (Å²) in [4.78, 5) is 27.5. The van der Waals surface area contributed by atoms with Crippen LogP contribution in [0.1, 0.15) is 45.1 Å². The van der Waals surface area contributed by atoms with Gasteiger partial charge in [0.25, 0.3) is 0 Å². The number of carbonyl (C=O) groups excluding carboxylic acids is 2. The van der Waals surface area contributed by atoms with Crippen LogP contribution in [-0.2, 0) is 16.1 Å². The first-order chi connectivity index (χ1) is 15.3. The van der Waals surface area contributed by atoms with Crippen LogP contribution in [0.2, 0.25) is 15.1 Å². The second-order valence-corrected chi connectivity index (χ2v) is 8.66. The number of nitrogens with zero attached hydrogens (tertiary/aromatic N) is 1. The first-order valence-electron chi connectivity index (χ1n) is 10.7. The first-order valence-corrected chi connectivity index (χ1v) is 11.9. The number of carbonyl (C=O) groups is 2. The van der Waals surface area contributed by atoms with Crippen molar-refractivity contribution in [3.8, 4) is 5.75 Å². The zero-order valence-corrected chi connectivity index (χ0v) is 20.6. The molecule has 0 heterocycles. The minimum Gasteiger partial charge on any atom is -0.494 e. The maximum atomic E-state index is 13.2. The van der Waals surface area contributed by atoms with Gasteiger partial charge in [0.05, 0.1) is 6.61 Å². The summed E-state index contributed by atoms with van der Waals surface area (Å²) in [6.45, 7) is 5.04. The summed E-state index contributed by atoms with van der Waals surface area (Å²) in [6.07, 6.45) is 2.07. The Morgan fingerprint density at radius 1 is 1.03 bits per heavy atom. The fourth-order valence-electron chi connectivity index (χ4n) is 3.21. The molecule has 0 spiro atoms. The molecule has 2 amide bonds. The molecule has 0 aromatic heterocycles. The van der Waals surface area contributed by atoms with Crippen LogP contribution >= 0.6 is 34.8 Å². The molecule has 0 aliphatic rings. The number of rotatable bonds is 12. The number of halogens is 3. The zero-order chi connectivity index (χ0) is 23.5. The summed E-state index contributed by atoms with van der Waals surface area (Å²) >= 11 is 18.2. The van der Waals surface area contributed by atoms with Crippen LogP contribution in [0, 0.1) is 0 Å². The van der Waals surface area contributed by atoms with E-state index >= 15 is 0 Å². The van der Waals surface area contributed by atoms with Crippen molar-refractivity contribution in [1.82, 2.24) is 10.2 Å².